The zero-order valence-corrected chi connectivity index (χ0v) is 22.1. The minimum absolute atomic E-state index is 0.238. The molecule has 0 unspecified atom stereocenters. The van der Waals surface area contributed by atoms with Gasteiger partial charge in [0.15, 0.2) is 0 Å². The largest absolute Gasteiger partial charge is 0.325 e. The maximum absolute atomic E-state index is 5.98. The Kier molecular flexibility index (Phi) is 7.42. The molecule has 6 heteroatoms. The summed E-state index contributed by atoms with van der Waals surface area (Å²) in [6.07, 6.45) is 5.63. The molecular formula is C31H36N6. The molecule has 5 rings (SSSR count). The molecule has 4 aromatic rings. The maximum atomic E-state index is 5.98. The molecule has 3 aromatic heterocycles. The lowest BCUT2D eigenvalue weighted by Crippen LogP contribution is -2.53. The number of benzene rings is 1. The monoisotopic (exact) mass is 492 g/mol. The Hall–Kier alpha value is -3.45. The number of pyridine rings is 3. The van der Waals surface area contributed by atoms with Crippen LogP contribution in [0.5, 0.6) is 0 Å². The first-order valence-electron chi connectivity index (χ1n) is 13.0. The number of piperazine rings is 1. The molecule has 0 bridgehead atoms. The summed E-state index contributed by atoms with van der Waals surface area (Å²) >= 11 is 0. The van der Waals surface area contributed by atoms with E-state index in [0.717, 1.165) is 66.5 Å². The van der Waals surface area contributed by atoms with Gasteiger partial charge in [0.05, 0.1) is 17.1 Å². The van der Waals surface area contributed by atoms with Gasteiger partial charge in [-0.1, -0.05) is 24.3 Å². The van der Waals surface area contributed by atoms with Gasteiger partial charge in [0.1, 0.15) is 0 Å². The summed E-state index contributed by atoms with van der Waals surface area (Å²) in [6.45, 7) is 12.7. The Bertz CT molecular complexity index is 1340. The summed E-state index contributed by atoms with van der Waals surface area (Å²) in [5.74, 6) is 0. The Balaban J connectivity index is 1.37. The van der Waals surface area contributed by atoms with Gasteiger partial charge in [0.2, 0.25) is 0 Å². The zero-order chi connectivity index (χ0) is 25.8. The third-order valence-corrected chi connectivity index (χ3v) is 7.07. The van der Waals surface area contributed by atoms with E-state index in [2.05, 4.69) is 76.9 Å². The Morgan fingerprint density at radius 2 is 1.57 bits per heavy atom. The van der Waals surface area contributed by atoms with Crippen molar-refractivity contribution in [3.05, 3.63) is 90.5 Å². The second-order valence-electron chi connectivity index (χ2n) is 10.7. The van der Waals surface area contributed by atoms with Gasteiger partial charge in [0, 0.05) is 74.5 Å². The van der Waals surface area contributed by atoms with Crippen molar-refractivity contribution in [1.29, 1.82) is 0 Å². The number of rotatable bonds is 6. The molecule has 190 valence electrons. The van der Waals surface area contributed by atoms with E-state index >= 15 is 0 Å². The predicted octanol–water partition coefficient (Wildman–Crippen LogP) is 5.25. The summed E-state index contributed by atoms with van der Waals surface area (Å²) in [5, 5.41) is 0. The third kappa shape index (κ3) is 6.10. The second-order valence-corrected chi connectivity index (χ2v) is 10.7. The minimum Gasteiger partial charge on any atom is -0.325 e. The van der Waals surface area contributed by atoms with Crippen molar-refractivity contribution >= 4 is 0 Å². The van der Waals surface area contributed by atoms with E-state index in [0.29, 0.717) is 6.54 Å². The van der Waals surface area contributed by atoms with Gasteiger partial charge < -0.3 is 5.73 Å². The Morgan fingerprint density at radius 3 is 2.27 bits per heavy atom. The fourth-order valence-electron chi connectivity index (χ4n) is 4.94. The van der Waals surface area contributed by atoms with Crippen LogP contribution in [0.4, 0.5) is 0 Å². The highest BCUT2D eigenvalue weighted by atomic mass is 15.3. The highest BCUT2D eigenvalue weighted by molar-refractivity contribution is 5.74. The molecule has 4 heterocycles. The molecule has 0 radical (unpaired) electrons. The normalized spacial score (nSPS) is 15.1. The molecule has 0 aliphatic carbocycles. The van der Waals surface area contributed by atoms with Gasteiger partial charge in [-0.3, -0.25) is 19.8 Å². The lowest BCUT2D eigenvalue weighted by Gasteiger charge is -2.42. The molecule has 2 N–H and O–H groups in total. The molecule has 1 aromatic carbocycles. The second kappa shape index (κ2) is 10.9. The molecular weight excluding hydrogens is 456 g/mol. The van der Waals surface area contributed by atoms with Crippen molar-refractivity contribution in [2.75, 3.05) is 26.2 Å². The lowest BCUT2D eigenvalue weighted by atomic mass is 9.99. The zero-order valence-electron chi connectivity index (χ0n) is 22.1. The van der Waals surface area contributed by atoms with Crippen LogP contribution >= 0.6 is 0 Å². The third-order valence-electron chi connectivity index (χ3n) is 7.07. The van der Waals surface area contributed by atoms with Gasteiger partial charge in [-0.2, -0.15) is 0 Å². The number of nitrogens with zero attached hydrogens (tertiary/aromatic N) is 5. The van der Waals surface area contributed by atoms with Gasteiger partial charge >= 0.3 is 0 Å². The fourth-order valence-corrected chi connectivity index (χ4v) is 4.94. The molecule has 1 aliphatic heterocycles. The van der Waals surface area contributed by atoms with Gasteiger partial charge in [-0.25, -0.2) is 4.98 Å². The van der Waals surface area contributed by atoms with Crippen molar-refractivity contribution in [2.45, 2.75) is 39.4 Å². The SMILES string of the molecule is CC(C)(C)N1CCN(Cc2cccc(-c3cncc(-c4cc(CN)nc(-c5ccccn5)c4)c3)c2)CC1. The molecule has 0 saturated carbocycles. The van der Waals surface area contributed by atoms with Crippen molar-refractivity contribution in [3.8, 4) is 33.6 Å². The van der Waals surface area contributed by atoms with Crippen LogP contribution < -0.4 is 5.73 Å². The maximum Gasteiger partial charge on any atom is 0.0896 e. The quantitative estimate of drug-likeness (QED) is 0.397. The van der Waals surface area contributed by atoms with E-state index in [1.54, 1.807) is 6.20 Å². The first kappa shape index (κ1) is 25.2. The van der Waals surface area contributed by atoms with Crippen LogP contribution in [0.25, 0.3) is 33.6 Å². The van der Waals surface area contributed by atoms with Crippen LogP contribution in [-0.4, -0.2) is 56.5 Å². The number of hydrogen-bond acceptors (Lipinski definition) is 6. The molecule has 6 nitrogen and oxygen atoms in total. The van der Waals surface area contributed by atoms with E-state index in [9.17, 15) is 0 Å². The van der Waals surface area contributed by atoms with E-state index in [-0.39, 0.29) is 5.54 Å². The van der Waals surface area contributed by atoms with Crippen LogP contribution in [0.15, 0.2) is 79.3 Å². The molecule has 0 atom stereocenters. The van der Waals surface area contributed by atoms with Crippen LogP contribution in [-0.2, 0) is 13.1 Å². The standard InChI is InChI=1S/C31H36N6/c1-31(2,3)37-13-11-36(12-14-37)22-23-7-6-8-24(15-23)26-16-27(21-33-20-26)25-17-28(19-32)35-30(18-25)29-9-4-5-10-34-29/h4-10,15-18,20-21H,11-14,19,22,32H2,1-3H3. The van der Waals surface area contributed by atoms with Crippen molar-refractivity contribution in [3.63, 3.8) is 0 Å². The molecule has 0 spiro atoms. The van der Waals surface area contributed by atoms with Gasteiger partial charge in [0.25, 0.3) is 0 Å². The smallest absolute Gasteiger partial charge is 0.0896 e. The summed E-state index contributed by atoms with van der Waals surface area (Å²) < 4.78 is 0. The Labute approximate surface area is 220 Å². The highest BCUT2D eigenvalue weighted by Crippen LogP contribution is 2.29. The van der Waals surface area contributed by atoms with Crippen LogP contribution in [0.3, 0.4) is 0 Å². The lowest BCUT2D eigenvalue weighted by molar-refractivity contribution is 0.0591. The summed E-state index contributed by atoms with van der Waals surface area (Å²) in [6, 6.07) is 21.0. The molecule has 0 amide bonds. The van der Waals surface area contributed by atoms with Crippen molar-refractivity contribution in [1.82, 2.24) is 24.8 Å². The summed E-state index contributed by atoms with van der Waals surface area (Å²) in [7, 11) is 0. The summed E-state index contributed by atoms with van der Waals surface area (Å²) in [4.78, 5) is 18.9. The van der Waals surface area contributed by atoms with E-state index in [1.165, 1.54) is 11.1 Å². The van der Waals surface area contributed by atoms with Crippen molar-refractivity contribution < 1.29 is 0 Å². The van der Waals surface area contributed by atoms with E-state index < -0.39 is 0 Å². The minimum atomic E-state index is 0.238. The van der Waals surface area contributed by atoms with Gasteiger partial charge in [-0.15, -0.1) is 0 Å². The van der Waals surface area contributed by atoms with Crippen LogP contribution in [0, 0.1) is 0 Å². The number of aromatic nitrogens is 3. The molecule has 1 fully saturated rings. The summed E-state index contributed by atoms with van der Waals surface area (Å²) in [5.41, 5.74) is 14.4. The first-order chi connectivity index (χ1) is 17.9. The molecule has 1 saturated heterocycles. The average molecular weight is 493 g/mol. The molecule has 1 aliphatic rings. The first-order valence-corrected chi connectivity index (χ1v) is 13.0. The van der Waals surface area contributed by atoms with Crippen LogP contribution in [0.1, 0.15) is 32.0 Å². The average Bonchev–Trinajstić information content (AvgIpc) is 2.93. The molecule has 37 heavy (non-hydrogen) atoms. The predicted molar refractivity (Wildman–Crippen MR) is 151 cm³/mol. The van der Waals surface area contributed by atoms with Crippen molar-refractivity contribution in [2.24, 2.45) is 5.73 Å². The van der Waals surface area contributed by atoms with Gasteiger partial charge in [-0.05, 0) is 73.9 Å². The van der Waals surface area contributed by atoms with E-state index in [4.69, 9.17) is 10.7 Å². The number of nitrogens with two attached hydrogens (primary N) is 1. The van der Waals surface area contributed by atoms with Crippen LogP contribution in [0.2, 0.25) is 0 Å². The topological polar surface area (TPSA) is 71.2 Å². The Morgan fingerprint density at radius 1 is 0.784 bits per heavy atom. The number of hydrogen-bond donors (Lipinski definition) is 1. The fraction of sp³-hybridized carbons (Fsp3) is 0.323. The van der Waals surface area contributed by atoms with E-state index in [1.807, 2.05) is 36.7 Å². The highest BCUT2D eigenvalue weighted by Gasteiger charge is 2.25.